The van der Waals surface area contributed by atoms with Gasteiger partial charge in [-0.05, 0) is 26.7 Å². The van der Waals surface area contributed by atoms with Gasteiger partial charge in [-0.2, -0.15) is 0 Å². The van der Waals surface area contributed by atoms with Crippen molar-refractivity contribution in [2.24, 2.45) is 5.73 Å². The summed E-state index contributed by atoms with van der Waals surface area (Å²) in [6.07, 6.45) is 1.49. The summed E-state index contributed by atoms with van der Waals surface area (Å²) in [4.78, 5) is 14.2. The number of piperidine rings is 1. The average Bonchev–Trinajstić information content (AvgIpc) is 2.31. The lowest BCUT2D eigenvalue weighted by Gasteiger charge is -2.35. The molecule has 1 fully saturated rings. The van der Waals surface area contributed by atoms with E-state index in [-0.39, 0.29) is 18.5 Å². The predicted octanol–water partition coefficient (Wildman–Crippen LogP) is -0.0509. The van der Waals surface area contributed by atoms with Crippen LogP contribution in [0.2, 0.25) is 0 Å². The summed E-state index contributed by atoms with van der Waals surface area (Å²) in [6, 6.07) is 0.851. The Balaban J connectivity index is 2.33. The molecule has 1 amide bonds. The fourth-order valence-electron chi connectivity index (χ4n) is 2.16. The van der Waals surface area contributed by atoms with Gasteiger partial charge >= 0.3 is 0 Å². The van der Waals surface area contributed by atoms with Gasteiger partial charge in [0.2, 0.25) is 0 Å². The van der Waals surface area contributed by atoms with Gasteiger partial charge < -0.3 is 20.7 Å². The number of amides is 1. The monoisotopic (exact) mass is 243 g/mol. The van der Waals surface area contributed by atoms with Gasteiger partial charge in [0.1, 0.15) is 6.10 Å². The molecule has 0 aliphatic carbocycles. The van der Waals surface area contributed by atoms with E-state index in [1.165, 1.54) is 7.11 Å². The van der Waals surface area contributed by atoms with Crippen molar-refractivity contribution < 1.29 is 9.53 Å². The highest BCUT2D eigenvalue weighted by molar-refractivity contribution is 5.81. The number of nitrogens with two attached hydrogens (primary N) is 1. The quantitative estimate of drug-likeness (QED) is 0.710. The molecule has 1 unspecified atom stereocenters. The topological polar surface area (TPSA) is 67.6 Å². The Morgan fingerprint density at radius 2 is 2.06 bits per heavy atom. The lowest BCUT2D eigenvalue weighted by molar-refractivity contribution is -0.131. The second kappa shape index (κ2) is 6.93. The van der Waals surface area contributed by atoms with Crippen LogP contribution in [0.1, 0.15) is 26.7 Å². The maximum Gasteiger partial charge on any atom is 0.250 e. The molecule has 0 aromatic rings. The van der Waals surface area contributed by atoms with Crippen LogP contribution in [0, 0.1) is 0 Å². The van der Waals surface area contributed by atoms with Crippen LogP contribution in [0.3, 0.4) is 0 Å². The summed E-state index contributed by atoms with van der Waals surface area (Å²) < 4.78 is 5.01. The van der Waals surface area contributed by atoms with E-state index in [1.54, 1.807) is 0 Å². The molecule has 1 aliphatic heterocycles. The number of nitrogens with zero attached hydrogens (tertiary/aromatic N) is 1. The molecule has 3 N–H and O–H groups in total. The van der Waals surface area contributed by atoms with Gasteiger partial charge in [-0.3, -0.25) is 4.79 Å². The molecule has 5 heteroatoms. The van der Waals surface area contributed by atoms with Crippen molar-refractivity contribution in [1.82, 2.24) is 10.2 Å². The third kappa shape index (κ3) is 4.26. The first-order valence-electron chi connectivity index (χ1n) is 6.35. The molecule has 100 valence electrons. The van der Waals surface area contributed by atoms with E-state index in [1.807, 2.05) is 0 Å². The van der Waals surface area contributed by atoms with E-state index >= 15 is 0 Å². The van der Waals surface area contributed by atoms with Crippen molar-refractivity contribution in [3.8, 4) is 0 Å². The third-order valence-electron chi connectivity index (χ3n) is 3.40. The van der Waals surface area contributed by atoms with Gasteiger partial charge in [-0.15, -0.1) is 0 Å². The Morgan fingerprint density at radius 1 is 1.47 bits per heavy atom. The number of carbonyl (C=O) groups is 1. The molecule has 0 saturated carbocycles. The Labute approximate surface area is 104 Å². The van der Waals surface area contributed by atoms with Crippen LogP contribution in [-0.2, 0) is 9.53 Å². The zero-order valence-electron chi connectivity index (χ0n) is 11.1. The van der Waals surface area contributed by atoms with Gasteiger partial charge in [0.15, 0.2) is 0 Å². The Bertz CT molecular complexity index is 234. The van der Waals surface area contributed by atoms with Crippen LogP contribution in [0.4, 0.5) is 0 Å². The number of ether oxygens (including phenoxy) is 1. The molecule has 1 saturated heterocycles. The highest BCUT2D eigenvalue weighted by Crippen LogP contribution is 2.13. The van der Waals surface area contributed by atoms with Crippen LogP contribution >= 0.6 is 0 Å². The summed E-state index contributed by atoms with van der Waals surface area (Å²) >= 11 is 0. The summed E-state index contributed by atoms with van der Waals surface area (Å²) in [5.41, 5.74) is 5.46. The van der Waals surface area contributed by atoms with Crippen LogP contribution < -0.4 is 11.1 Å². The molecule has 0 aromatic heterocycles. The Kier molecular flexibility index (Phi) is 5.88. The van der Waals surface area contributed by atoms with Gasteiger partial charge in [-0.1, -0.05) is 0 Å². The third-order valence-corrected chi connectivity index (χ3v) is 3.40. The number of rotatable bonds is 5. The molecular formula is C12H25N3O2. The fourth-order valence-corrected chi connectivity index (χ4v) is 2.16. The van der Waals surface area contributed by atoms with E-state index < -0.39 is 6.10 Å². The molecule has 1 heterocycles. The molecule has 1 atom stereocenters. The van der Waals surface area contributed by atoms with Crippen molar-refractivity contribution in [2.45, 2.75) is 44.9 Å². The molecule has 5 nitrogen and oxygen atoms in total. The molecule has 0 aromatic carbocycles. The molecule has 0 bridgehead atoms. The maximum atomic E-state index is 11.8. The summed E-state index contributed by atoms with van der Waals surface area (Å²) in [6.45, 7) is 6.72. The van der Waals surface area contributed by atoms with E-state index in [9.17, 15) is 4.79 Å². The normalized spacial score (nSPS) is 20.5. The van der Waals surface area contributed by atoms with Gasteiger partial charge in [0, 0.05) is 38.8 Å². The smallest absolute Gasteiger partial charge is 0.250 e. The highest BCUT2D eigenvalue weighted by atomic mass is 16.5. The maximum absolute atomic E-state index is 11.8. The van der Waals surface area contributed by atoms with Crippen molar-refractivity contribution in [3.63, 3.8) is 0 Å². The minimum Gasteiger partial charge on any atom is -0.370 e. The zero-order chi connectivity index (χ0) is 12.8. The van der Waals surface area contributed by atoms with Crippen LogP contribution in [0.5, 0.6) is 0 Å². The average molecular weight is 243 g/mol. The Hall–Kier alpha value is -0.650. The number of hydrogen-bond donors (Lipinski definition) is 2. The first kappa shape index (κ1) is 14.4. The first-order valence-corrected chi connectivity index (χ1v) is 6.35. The van der Waals surface area contributed by atoms with E-state index in [0.29, 0.717) is 6.04 Å². The second-order valence-corrected chi connectivity index (χ2v) is 4.87. The minimum atomic E-state index is -0.516. The predicted molar refractivity (Wildman–Crippen MR) is 67.7 cm³/mol. The number of carbonyl (C=O) groups excluding carboxylic acids is 1. The first-order chi connectivity index (χ1) is 8.08. The summed E-state index contributed by atoms with van der Waals surface area (Å²) in [5, 5.41) is 3.01. The van der Waals surface area contributed by atoms with Crippen molar-refractivity contribution in [2.75, 3.05) is 26.7 Å². The van der Waals surface area contributed by atoms with Gasteiger partial charge in [-0.25, -0.2) is 0 Å². The zero-order valence-corrected chi connectivity index (χ0v) is 11.1. The van der Waals surface area contributed by atoms with E-state index in [2.05, 4.69) is 24.1 Å². The number of likely N-dealkylation sites (tertiary alicyclic amines) is 1. The Morgan fingerprint density at radius 3 is 2.47 bits per heavy atom. The van der Waals surface area contributed by atoms with Crippen LogP contribution in [0.15, 0.2) is 0 Å². The largest absolute Gasteiger partial charge is 0.370 e. The number of nitrogens with one attached hydrogen (secondary N) is 1. The lowest BCUT2D eigenvalue weighted by atomic mass is 10.0. The van der Waals surface area contributed by atoms with E-state index in [4.69, 9.17) is 10.5 Å². The van der Waals surface area contributed by atoms with Crippen molar-refractivity contribution in [1.29, 1.82) is 0 Å². The lowest BCUT2D eigenvalue weighted by Crippen LogP contribution is -2.50. The SMILES string of the molecule is COC(CN)C(=O)NC1CCN(C(C)C)CC1. The minimum absolute atomic E-state index is 0.0852. The summed E-state index contributed by atoms with van der Waals surface area (Å²) in [7, 11) is 1.51. The number of hydrogen-bond acceptors (Lipinski definition) is 4. The number of methoxy groups -OCH3 is 1. The van der Waals surface area contributed by atoms with Crippen LogP contribution in [-0.4, -0.2) is 55.7 Å². The standard InChI is InChI=1S/C12H25N3O2/c1-9(2)15-6-4-10(5-7-15)14-12(16)11(8-13)17-3/h9-11H,4-8,13H2,1-3H3,(H,14,16). The van der Waals surface area contributed by atoms with Crippen LogP contribution in [0.25, 0.3) is 0 Å². The van der Waals surface area contributed by atoms with Gasteiger partial charge in [0.25, 0.3) is 5.91 Å². The molecule has 1 rings (SSSR count). The van der Waals surface area contributed by atoms with Gasteiger partial charge in [0.05, 0.1) is 0 Å². The van der Waals surface area contributed by atoms with E-state index in [0.717, 1.165) is 25.9 Å². The molecule has 17 heavy (non-hydrogen) atoms. The molecule has 0 radical (unpaired) electrons. The molecule has 1 aliphatic rings. The molecule has 0 spiro atoms. The summed E-state index contributed by atoms with van der Waals surface area (Å²) in [5.74, 6) is -0.0852. The second-order valence-electron chi connectivity index (χ2n) is 4.87. The highest BCUT2D eigenvalue weighted by Gasteiger charge is 2.24. The molecular weight excluding hydrogens is 218 g/mol. The van der Waals surface area contributed by atoms with Crippen molar-refractivity contribution in [3.05, 3.63) is 0 Å². The fraction of sp³-hybridized carbons (Fsp3) is 0.917. The van der Waals surface area contributed by atoms with Crippen molar-refractivity contribution >= 4 is 5.91 Å².